The van der Waals surface area contributed by atoms with Crippen LogP contribution < -0.4 is 0 Å². The summed E-state index contributed by atoms with van der Waals surface area (Å²) in [5.41, 5.74) is 6.28. The number of nitrogens with zero attached hydrogens (tertiary/aromatic N) is 1. The van der Waals surface area contributed by atoms with Gasteiger partial charge in [-0.05, 0) is 74.1 Å². The maximum atomic E-state index is 6.53. The van der Waals surface area contributed by atoms with Crippen LogP contribution in [0.25, 0.3) is 10.9 Å². The van der Waals surface area contributed by atoms with Crippen LogP contribution in [0.1, 0.15) is 41.5 Å². The highest BCUT2D eigenvalue weighted by Gasteiger charge is 2.40. The van der Waals surface area contributed by atoms with Gasteiger partial charge in [0.1, 0.15) is 5.60 Å². The average molecular weight is 425 g/mol. The normalized spacial score (nSPS) is 17.8. The van der Waals surface area contributed by atoms with E-state index in [9.17, 15) is 0 Å². The van der Waals surface area contributed by atoms with Crippen LogP contribution in [0.3, 0.4) is 0 Å². The first-order valence-electron chi connectivity index (χ1n) is 11.8. The second kappa shape index (κ2) is 9.32. The third kappa shape index (κ3) is 4.11. The third-order valence-electron chi connectivity index (χ3n) is 6.90. The first kappa shape index (κ1) is 21.0. The van der Waals surface area contributed by atoms with Gasteiger partial charge in [0, 0.05) is 17.1 Å². The Bertz CT molecular complexity index is 1170. The Hall–Kier alpha value is -2.88. The molecule has 0 spiro atoms. The molecular formula is C29H32N2O. The number of hydrogen-bond donors (Lipinski definition) is 1. The number of rotatable bonds is 9. The van der Waals surface area contributed by atoms with Gasteiger partial charge < -0.3 is 14.6 Å². The molecule has 3 heteroatoms. The van der Waals surface area contributed by atoms with Gasteiger partial charge in [0.25, 0.3) is 0 Å². The number of ether oxygens (including phenoxy) is 1. The quantitative estimate of drug-likeness (QED) is 0.342. The molecule has 1 unspecified atom stereocenters. The molecule has 1 aliphatic heterocycles. The molecule has 1 aliphatic rings. The molecule has 0 amide bonds. The molecule has 164 valence electrons. The number of aryl methyl sites for hydroxylation is 1. The van der Waals surface area contributed by atoms with Crippen molar-refractivity contribution in [3.63, 3.8) is 0 Å². The van der Waals surface area contributed by atoms with E-state index in [2.05, 4.69) is 102 Å². The van der Waals surface area contributed by atoms with E-state index in [4.69, 9.17) is 4.74 Å². The number of benzene rings is 3. The van der Waals surface area contributed by atoms with E-state index in [1.807, 2.05) is 0 Å². The topological polar surface area (TPSA) is 28.3 Å². The summed E-state index contributed by atoms with van der Waals surface area (Å²) in [7, 11) is 2.24. The number of nitrogens with one attached hydrogen (secondary N) is 1. The highest BCUT2D eigenvalue weighted by Crippen LogP contribution is 2.45. The fourth-order valence-electron chi connectivity index (χ4n) is 5.20. The van der Waals surface area contributed by atoms with Crippen molar-refractivity contribution in [1.82, 2.24) is 9.88 Å². The van der Waals surface area contributed by atoms with Crippen LogP contribution in [0.4, 0.5) is 0 Å². The molecule has 5 rings (SSSR count). The van der Waals surface area contributed by atoms with Crippen molar-refractivity contribution in [3.05, 3.63) is 107 Å². The summed E-state index contributed by atoms with van der Waals surface area (Å²) in [5, 5.41) is 1.36. The Labute approximate surface area is 191 Å². The maximum absolute atomic E-state index is 6.53. The monoisotopic (exact) mass is 424 g/mol. The largest absolute Gasteiger partial charge is 0.361 e. The number of fused-ring (bicyclic) bond motifs is 2. The standard InChI is InChI=1S/C29H32N2O/c1-31(19-9-12-23-21-30-28-17-8-6-15-26(23)28)20-10-18-29(25-13-3-2-4-14-25)27-16-7-5-11-24(27)22-32-29/h2-8,11,13-17,21,30H,9-10,12,18-20,22H2,1H3. The molecule has 4 aromatic rings. The van der Waals surface area contributed by atoms with Crippen LogP contribution in [-0.4, -0.2) is 30.0 Å². The van der Waals surface area contributed by atoms with E-state index in [1.165, 1.54) is 39.6 Å². The Balaban J connectivity index is 1.19. The van der Waals surface area contributed by atoms with Gasteiger partial charge in [0.15, 0.2) is 0 Å². The highest BCUT2D eigenvalue weighted by molar-refractivity contribution is 5.83. The molecule has 1 N–H and O–H groups in total. The van der Waals surface area contributed by atoms with Gasteiger partial charge in [0.2, 0.25) is 0 Å². The molecule has 0 fully saturated rings. The molecule has 2 heterocycles. The molecule has 3 aromatic carbocycles. The van der Waals surface area contributed by atoms with Crippen molar-refractivity contribution in [1.29, 1.82) is 0 Å². The zero-order valence-electron chi connectivity index (χ0n) is 18.9. The van der Waals surface area contributed by atoms with Gasteiger partial charge in [-0.1, -0.05) is 72.8 Å². The number of para-hydroxylation sites is 1. The van der Waals surface area contributed by atoms with E-state index in [-0.39, 0.29) is 5.60 Å². The number of aromatic amines is 1. The summed E-state index contributed by atoms with van der Waals surface area (Å²) in [6.45, 7) is 2.88. The van der Waals surface area contributed by atoms with E-state index in [0.29, 0.717) is 6.61 Å². The average Bonchev–Trinajstić information content (AvgIpc) is 3.42. The van der Waals surface area contributed by atoms with Crippen molar-refractivity contribution < 1.29 is 4.74 Å². The van der Waals surface area contributed by atoms with Crippen LogP contribution >= 0.6 is 0 Å². The van der Waals surface area contributed by atoms with Gasteiger partial charge in [-0.25, -0.2) is 0 Å². The lowest BCUT2D eigenvalue weighted by atomic mass is 9.82. The second-order valence-corrected chi connectivity index (χ2v) is 9.01. The lowest BCUT2D eigenvalue weighted by molar-refractivity contribution is -0.0142. The number of aromatic nitrogens is 1. The summed E-state index contributed by atoms with van der Waals surface area (Å²) in [6.07, 6.45) is 6.55. The van der Waals surface area contributed by atoms with Crippen LogP contribution in [0, 0.1) is 0 Å². The van der Waals surface area contributed by atoms with E-state index >= 15 is 0 Å². The van der Waals surface area contributed by atoms with E-state index < -0.39 is 0 Å². The van der Waals surface area contributed by atoms with Crippen molar-refractivity contribution in [3.8, 4) is 0 Å². The first-order chi connectivity index (χ1) is 15.8. The van der Waals surface area contributed by atoms with E-state index in [0.717, 1.165) is 32.4 Å². The molecule has 1 aromatic heterocycles. The van der Waals surface area contributed by atoms with Crippen molar-refractivity contribution in [2.45, 2.75) is 37.9 Å². The lowest BCUT2D eigenvalue weighted by Gasteiger charge is -2.31. The summed E-state index contributed by atoms with van der Waals surface area (Å²) in [5.74, 6) is 0. The summed E-state index contributed by atoms with van der Waals surface area (Å²) in [4.78, 5) is 5.86. The number of hydrogen-bond acceptors (Lipinski definition) is 2. The van der Waals surface area contributed by atoms with Gasteiger partial charge in [-0.15, -0.1) is 0 Å². The Kier molecular flexibility index (Phi) is 6.11. The third-order valence-corrected chi connectivity index (χ3v) is 6.90. The molecule has 0 saturated carbocycles. The van der Waals surface area contributed by atoms with Gasteiger partial charge in [-0.2, -0.15) is 0 Å². The zero-order valence-corrected chi connectivity index (χ0v) is 18.9. The number of H-pyrrole nitrogens is 1. The molecule has 0 radical (unpaired) electrons. The minimum absolute atomic E-state index is 0.317. The van der Waals surface area contributed by atoms with Crippen molar-refractivity contribution in [2.24, 2.45) is 0 Å². The lowest BCUT2D eigenvalue weighted by Crippen LogP contribution is -2.29. The summed E-state index contributed by atoms with van der Waals surface area (Å²) >= 11 is 0. The molecular weight excluding hydrogens is 392 g/mol. The molecule has 1 atom stereocenters. The summed E-state index contributed by atoms with van der Waals surface area (Å²) in [6, 6.07) is 28.0. The van der Waals surface area contributed by atoms with Crippen LogP contribution in [0.15, 0.2) is 85.1 Å². The van der Waals surface area contributed by atoms with Gasteiger partial charge in [-0.3, -0.25) is 0 Å². The smallest absolute Gasteiger partial charge is 0.119 e. The van der Waals surface area contributed by atoms with E-state index in [1.54, 1.807) is 0 Å². The summed E-state index contributed by atoms with van der Waals surface area (Å²) < 4.78 is 6.53. The Morgan fingerprint density at radius 2 is 1.62 bits per heavy atom. The minimum atomic E-state index is -0.317. The highest BCUT2D eigenvalue weighted by atomic mass is 16.5. The van der Waals surface area contributed by atoms with Crippen LogP contribution in [0.5, 0.6) is 0 Å². The SMILES string of the molecule is CN(CCCc1c[nH]c2ccccc12)CCCC1(c2ccccc2)OCc2ccccc21. The fraction of sp³-hybridized carbons (Fsp3) is 0.310. The van der Waals surface area contributed by atoms with Gasteiger partial charge >= 0.3 is 0 Å². The zero-order chi connectivity index (χ0) is 21.8. The predicted octanol–water partition coefficient (Wildman–Crippen LogP) is 6.29. The molecule has 0 bridgehead atoms. The van der Waals surface area contributed by atoms with Gasteiger partial charge in [0.05, 0.1) is 6.61 Å². The first-order valence-corrected chi connectivity index (χ1v) is 11.8. The molecule has 0 aliphatic carbocycles. The predicted molar refractivity (Wildman–Crippen MR) is 132 cm³/mol. The Morgan fingerprint density at radius 1 is 0.875 bits per heavy atom. The minimum Gasteiger partial charge on any atom is -0.361 e. The second-order valence-electron chi connectivity index (χ2n) is 9.01. The molecule has 0 saturated heterocycles. The molecule has 3 nitrogen and oxygen atoms in total. The Morgan fingerprint density at radius 3 is 2.53 bits per heavy atom. The van der Waals surface area contributed by atoms with Crippen molar-refractivity contribution in [2.75, 3.05) is 20.1 Å². The maximum Gasteiger partial charge on any atom is 0.119 e. The molecule has 32 heavy (non-hydrogen) atoms. The van der Waals surface area contributed by atoms with Crippen molar-refractivity contribution >= 4 is 10.9 Å². The van der Waals surface area contributed by atoms with Crippen LogP contribution in [-0.2, 0) is 23.4 Å². The fourth-order valence-corrected chi connectivity index (χ4v) is 5.20. The van der Waals surface area contributed by atoms with Crippen LogP contribution in [0.2, 0.25) is 0 Å².